The number of hydrogen-bond acceptors (Lipinski definition) is 4. The fourth-order valence-electron chi connectivity index (χ4n) is 2.55. The average Bonchev–Trinajstić information content (AvgIpc) is 2.63. The van der Waals surface area contributed by atoms with Crippen LogP contribution >= 0.6 is 0 Å². The molecule has 0 heterocycles. The monoisotopic (exact) mass is 379 g/mol. The van der Waals surface area contributed by atoms with Crippen molar-refractivity contribution in [2.24, 2.45) is 0 Å². The lowest BCUT2D eigenvalue weighted by Gasteiger charge is -2.19. The van der Waals surface area contributed by atoms with E-state index >= 15 is 0 Å². The summed E-state index contributed by atoms with van der Waals surface area (Å²) < 4.78 is 45.8. The van der Waals surface area contributed by atoms with Crippen molar-refractivity contribution in [1.82, 2.24) is 4.31 Å². The Balaban J connectivity index is 2.31. The number of sulfonamides is 1. The zero-order valence-electron chi connectivity index (χ0n) is 15.0. The molecule has 0 N–H and O–H groups in total. The molecule has 0 amide bonds. The van der Waals surface area contributed by atoms with Crippen LogP contribution in [-0.4, -0.2) is 31.8 Å². The average molecular weight is 379 g/mol. The van der Waals surface area contributed by atoms with E-state index in [1.54, 1.807) is 45.0 Å². The number of hydrogen-bond donors (Lipinski definition) is 0. The van der Waals surface area contributed by atoms with Crippen molar-refractivity contribution >= 4 is 16.0 Å². The second kappa shape index (κ2) is 8.42. The molecule has 2 aromatic carbocycles. The smallest absolute Gasteiger partial charge is 0.341 e. The molecule has 140 valence electrons. The van der Waals surface area contributed by atoms with Crippen molar-refractivity contribution in [3.8, 4) is 0 Å². The summed E-state index contributed by atoms with van der Waals surface area (Å²) >= 11 is 0. The fraction of sp³-hybridized carbons (Fsp3) is 0.316. The molecule has 0 spiro atoms. The summed E-state index contributed by atoms with van der Waals surface area (Å²) in [5.41, 5.74) is 0.356. The Morgan fingerprint density at radius 1 is 1.12 bits per heavy atom. The third-order valence-electron chi connectivity index (χ3n) is 4.05. The van der Waals surface area contributed by atoms with Gasteiger partial charge in [0, 0.05) is 13.1 Å². The van der Waals surface area contributed by atoms with Crippen molar-refractivity contribution < 1.29 is 22.3 Å². The minimum absolute atomic E-state index is 0.137. The van der Waals surface area contributed by atoms with E-state index in [1.807, 2.05) is 6.07 Å². The van der Waals surface area contributed by atoms with Crippen LogP contribution in [0.25, 0.3) is 0 Å². The van der Waals surface area contributed by atoms with Crippen LogP contribution in [0.5, 0.6) is 0 Å². The molecule has 0 aliphatic carbocycles. The molecule has 5 nitrogen and oxygen atoms in total. The Hall–Kier alpha value is -2.25. The van der Waals surface area contributed by atoms with Crippen LogP contribution in [0.2, 0.25) is 0 Å². The lowest BCUT2D eigenvalue weighted by Crippen LogP contribution is -2.30. The van der Waals surface area contributed by atoms with E-state index in [0.29, 0.717) is 0 Å². The number of nitrogens with zero attached hydrogens (tertiary/aromatic N) is 1. The second-order valence-corrected chi connectivity index (χ2v) is 7.63. The highest BCUT2D eigenvalue weighted by atomic mass is 32.2. The number of rotatable bonds is 7. The molecule has 0 aliphatic rings. The van der Waals surface area contributed by atoms with Crippen molar-refractivity contribution in [3.05, 3.63) is 65.5 Å². The standard InChI is InChI=1S/C19H22FNO4S/c1-4-21(5-2)26(23,24)16-11-12-18(20)17(13-16)19(22)25-14(3)15-9-7-6-8-10-15/h6-14H,4-5H2,1-3H3/t14-/m0/s1. The van der Waals surface area contributed by atoms with Gasteiger partial charge in [0.1, 0.15) is 11.9 Å². The van der Waals surface area contributed by atoms with E-state index in [1.165, 1.54) is 4.31 Å². The zero-order valence-corrected chi connectivity index (χ0v) is 15.8. The van der Waals surface area contributed by atoms with Crippen LogP contribution in [-0.2, 0) is 14.8 Å². The van der Waals surface area contributed by atoms with E-state index < -0.39 is 33.5 Å². The first kappa shape index (κ1) is 20.1. The van der Waals surface area contributed by atoms with Gasteiger partial charge >= 0.3 is 5.97 Å². The van der Waals surface area contributed by atoms with Gasteiger partial charge in [-0.3, -0.25) is 0 Å². The van der Waals surface area contributed by atoms with Crippen LogP contribution in [0.15, 0.2) is 53.4 Å². The summed E-state index contributed by atoms with van der Waals surface area (Å²) in [5, 5.41) is 0. The Labute approximate surface area is 153 Å². The van der Waals surface area contributed by atoms with Crippen LogP contribution in [0.1, 0.15) is 42.8 Å². The summed E-state index contributed by atoms with van der Waals surface area (Å²) in [6.07, 6.45) is -0.592. The van der Waals surface area contributed by atoms with Gasteiger partial charge in [0.2, 0.25) is 10.0 Å². The van der Waals surface area contributed by atoms with Gasteiger partial charge < -0.3 is 4.74 Å². The van der Waals surface area contributed by atoms with Crippen molar-refractivity contribution in [3.63, 3.8) is 0 Å². The largest absolute Gasteiger partial charge is 0.454 e. The van der Waals surface area contributed by atoms with Crippen LogP contribution in [0.3, 0.4) is 0 Å². The van der Waals surface area contributed by atoms with Gasteiger partial charge in [0.15, 0.2) is 0 Å². The van der Waals surface area contributed by atoms with Crippen molar-refractivity contribution in [1.29, 1.82) is 0 Å². The lowest BCUT2D eigenvalue weighted by molar-refractivity contribution is 0.0332. The predicted molar refractivity (Wildman–Crippen MR) is 96.8 cm³/mol. The van der Waals surface area contributed by atoms with Crippen molar-refractivity contribution in [2.75, 3.05) is 13.1 Å². The molecule has 0 bridgehead atoms. The maximum atomic E-state index is 14.1. The zero-order chi connectivity index (χ0) is 19.3. The fourth-order valence-corrected chi connectivity index (χ4v) is 4.03. The number of benzene rings is 2. The maximum absolute atomic E-state index is 14.1. The number of carbonyl (C=O) groups excluding carboxylic acids is 1. The normalized spacial score (nSPS) is 12.8. The Morgan fingerprint density at radius 3 is 2.31 bits per heavy atom. The third kappa shape index (κ3) is 4.28. The molecule has 1 atom stereocenters. The Kier molecular flexibility index (Phi) is 6.50. The summed E-state index contributed by atoms with van der Waals surface area (Å²) in [6, 6.07) is 12.2. The number of halogens is 1. The minimum atomic E-state index is -3.80. The quantitative estimate of drug-likeness (QED) is 0.687. The summed E-state index contributed by atoms with van der Waals surface area (Å²) in [4.78, 5) is 12.2. The molecule has 2 aromatic rings. The highest BCUT2D eigenvalue weighted by molar-refractivity contribution is 7.89. The molecule has 0 fully saturated rings. The molecule has 0 unspecified atom stereocenters. The molecular formula is C19H22FNO4S. The molecule has 0 aromatic heterocycles. The van der Waals surface area contributed by atoms with Gasteiger partial charge in [0.05, 0.1) is 10.5 Å². The number of ether oxygens (including phenoxy) is 1. The molecule has 0 radical (unpaired) electrons. The highest BCUT2D eigenvalue weighted by Crippen LogP contribution is 2.23. The van der Waals surface area contributed by atoms with Gasteiger partial charge in [-0.05, 0) is 30.7 Å². The highest BCUT2D eigenvalue weighted by Gasteiger charge is 2.25. The first-order chi connectivity index (χ1) is 12.3. The second-order valence-electron chi connectivity index (χ2n) is 5.69. The molecule has 0 saturated heterocycles. The summed E-state index contributed by atoms with van der Waals surface area (Å²) in [6.45, 7) is 5.65. The van der Waals surface area contributed by atoms with Gasteiger partial charge in [-0.15, -0.1) is 0 Å². The maximum Gasteiger partial charge on any atom is 0.341 e. The van der Waals surface area contributed by atoms with Gasteiger partial charge in [-0.1, -0.05) is 44.2 Å². The topological polar surface area (TPSA) is 63.7 Å². The van der Waals surface area contributed by atoms with Gasteiger partial charge in [-0.2, -0.15) is 4.31 Å². The van der Waals surface area contributed by atoms with Gasteiger partial charge in [-0.25, -0.2) is 17.6 Å². The summed E-state index contributed by atoms with van der Waals surface area (Å²) in [5.74, 6) is -1.73. The molecule has 26 heavy (non-hydrogen) atoms. The SMILES string of the molecule is CCN(CC)S(=O)(=O)c1ccc(F)c(C(=O)O[C@@H](C)c2ccccc2)c1. The van der Waals surface area contributed by atoms with E-state index in [0.717, 1.165) is 23.8 Å². The summed E-state index contributed by atoms with van der Waals surface area (Å²) in [7, 11) is -3.80. The van der Waals surface area contributed by atoms with Crippen molar-refractivity contribution in [2.45, 2.75) is 31.8 Å². The first-order valence-corrected chi connectivity index (χ1v) is 9.80. The predicted octanol–water partition coefficient (Wildman–Crippen LogP) is 3.77. The Morgan fingerprint density at radius 2 is 1.73 bits per heavy atom. The third-order valence-corrected chi connectivity index (χ3v) is 6.10. The number of esters is 1. The van der Waals surface area contributed by atoms with E-state index in [2.05, 4.69) is 0 Å². The molecule has 7 heteroatoms. The van der Waals surface area contributed by atoms with Crippen LogP contribution in [0, 0.1) is 5.82 Å². The Bertz CT molecular complexity index is 864. The van der Waals surface area contributed by atoms with E-state index in [-0.39, 0.29) is 18.0 Å². The molecular weight excluding hydrogens is 357 g/mol. The molecule has 2 rings (SSSR count). The van der Waals surface area contributed by atoms with Crippen LogP contribution in [0.4, 0.5) is 4.39 Å². The minimum Gasteiger partial charge on any atom is -0.454 e. The van der Waals surface area contributed by atoms with Gasteiger partial charge in [0.25, 0.3) is 0 Å². The van der Waals surface area contributed by atoms with Crippen LogP contribution < -0.4 is 0 Å². The number of carbonyl (C=O) groups is 1. The molecule has 0 aliphatic heterocycles. The van der Waals surface area contributed by atoms with E-state index in [4.69, 9.17) is 4.74 Å². The van der Waals surface area contributed by atoms with E-state index in [9.17, 15) is 17.6 Å². The molecule has 0 saturated carbocycles. The lowest BCUT2D eigenvalue weighted by atomic mass is 10.1. The first-order valence-electron chi connectivity index (χ1n) is 8.36.